The van der Waals surface area contributed by atoms with Gasteiger partial charge in [0.1, 0.15) is 6.61 Å². The number of rotatable bonds is 4. The van der Waals surface area contributed by atoms with Crippen LogP contribution in [-0.4, -0.2) is 25.2 Å². The molecule has 0 unspecified atom stereocenters. The highest BCUT2D eigenvalue weighted by Gasteiger charge is 2.14. The van der Waals surface area contributed by atoms with Gasteiger partial charge in [0.05, 0.1) is 6.54 Å². The Morgan fingerprint density at radius 3 is 2.77 bits per heavy atom. The minimum atomic E-state index is -0.408. The Bertz CT molecular complexity index is 545. The molecular formula is C17H21FN2O2. The van der Waals surface area contributed by atoms with E-state index in [1.807, 2.05) is 0 Å². The zero-order valence-corrected chi connectivity index (χ0v) is 12.5. The maximum absolute atomic E-state index is 13.3. The van der Waals surface area contributed by atoms with Crippen LogP contribution in [0.5, 0.6) is 5.75 Å². The van der Waals surface area contributed by atoms with Crippen LogP contribution in [-0.2, 0) is 0 Å². The van der Waals surface area contributed by atoms with Crippen molar-refractivity contribution >= 4 is 6.03 Å². The zero-order chi connectivity index (χ0) is 15.6. The van der Waals surface area contributed by atoms with Crippen molar-refractivity contribution < 1.29 is 13.9 Å². The Morgan fingerprint density at radius 1 is 1.23 bits per heavy atom. The predicted molar refractivity (Wildman–Crippen MR) is 83.1 cm³/mol. The molecule has 0 radical (unpaired) electrons. The van der Waals surface area contributed by atoms with Crippen molar-refractivity contribution in [2.24, 2.45) is 0 Å². The summed E-state index contributed by atoms with van der Waals surface area (Å²) in [5.74, 6) is 5.28. The number of urea groups is 1. The van der Waals surface area contributed by atoms with Gasteiger partial charge in [0.25, 0.3) is 0 Å². The molecule has 1 aliphatic carbocycles. The molecular weight excluding hydrogens is 283 g/mol. The van der Waals surface area contributed by atoms with Crippen LogP contribution in [0.15, 0.2) is 24.3 Å². The molecule has 0 aromatic heterocycles. The molecule has 2 rings (SSSR count). The molecule has 0 saturated heterocycles. The van der Waals surface area contributed by atoms with E-state index in [2.05, 4.69) is 22.5 Å². The fourth-order valence-electron chi connectivity index (χ4n) is 2.40. The standard InChI is InChI=1S/C17H21FN2O2/c18-15-10-4-5-11-16(15)22-13-7-6-12-19-17(21)20-14-8-2-1-3-9-14/h4-5,10-11,14H,1-3,8-9,12-13H2,(H2,19,20,21). The summed E-state index contributed by atoms with van der Waals surface area (Å²) in [5, 5.41) is 5.63. The summed E-state index contributed by atoms with van der Waals surface area (Å²) < 4.78 is 18.4. The number of hydrogen-bond acceptors (Lipinski definition) is 2. The Balaban J connectivity index is 1.60. The summed E-state index contributed by atoms with van der Waals surface area (Å²) in [7, 11) is 0. The molecule has 1 aromatic rings. The van der Waals surface area contributed by atoms with E-state index in [0.29, 0.717) is 0 Å². The fraction of sp³-hybridized carbons (Fsp3) is 0.471. The van der Waals surface area contributed by atoms with Gasteiger partial charge in [-0.3, -0.25) is 0 Å². The lowest BCUT2D eigenvalue weighted by atomic mass is 9.96. The number of carbonyl (C=O) groups excluding carboxylic acids is 1. The largest absolute Gasteiger partial charge is 0.478 e. The number of para-hydroxylation sites is 1. The van der Waals surface area contributed by atoms with Crippen molar-refractivity contribution in [3.05, 3.63) is 30.1 Å². The molecule has 118 valence electrons. The lowest BCUT2D eigenvalue weighted by Gasteiger charge is -2.22. The van der Waals surface area contributed by atoms with E-state index in [9.17, 15) is 9.18 Å². The van der Waals surface area contributed by atoms with Crippen molar-refractivity contribution in [2.75, 3.05) is 13.2 Å². The first-order valence-electron chi connectivity index (χ1n) is 7.63. The van der Waals surface area contributed by atoms with Gasteiger partial charge in [-0.05, 0) is 25.0 Å². The van der Waals surface area contributed by atoms with Gasteiger partial charge in [-0.15, -0.1) is 0 Å². The zero-order valence-electron chi connectivity index (χ0n) is 12.5. The summed E-state index contributed by atoms with van der Waals surface area (Å²) in [6.07, 6.45) is 5.72. The van der Waals surface area contributed by atoms with Gasteiger partial charge >= 0.3 is 6.03 Å². The van der Waals surface area contributed by atoms with Crippen molar-refractivity contribution in [1.29, 1.82) is 0 Å². The van der Waals surface area contributed by atoms with E-state index in [-0.39, 0.29) is 31.0 Å². The monoisotopic (exact) mass is 304 g/mol. The van der Waals surface area contributed by atoms with E-state index in [0.717, 1.165) is 12.8 Å². The first-order chi connectivity index (χ1) is 10.8. The van der Waals surface area contributed by atoms with Crippen molar-refractivity contribution in [3.8, 4) is 17.6 Å². The first-order valence-corrected chi connectivity index (χ1v) is 7.63. The van der Waals surface area contributed by atoms with Crippen LogP contribution in [0, 0.1) is 17.7 Å². The highest BCUT2D eigenvalue weighted by atomic mass is 19.1. The summed E-state index contributed by atoms with van der Waals surface area (Å²) in [6, 6.07) is 6.28. The van der Waals surface area contributed by atoms with Crippen LogP contribution in [0.4, 0.5) is 9.18 Å². The smallest absolute Gasteiger partial charge is 0.315 e. The van der Waals surface area contributed by atoms with Gasteiger partial charge in [0.15, 0.2) is 11.6 Å². The van der Waals surface area contributed by atoms with Crippen LogP contribution in [0.3, 0.4) is 0 Å². The van der Waals surface area contributed by atoms with E-state index in [4.69, 9.17) is 4.74 Å². The van der Waals surface area contributed by atoms with Crippen LogP contribution in [0.1, 0.15) is 32.1 Å². The lowest BCUT2D eigenvalue weighted by Crippen LogP contribution is -2.42. The van der Waals surface area contributed by atoms with Crippen LogP contribution < -0.4 is 15.4 Å². The SMILES string of the molecule is O=C(NCC#CCOc1ccccc1F)NC1CCCCC1. The second-order valence-electron chi connectivity index (χ2n) is 5.23. The van der Waals surface area contributed by atoms with Gasteiger partial charge in [0, 0.05) is 6.04 Å². The van der Waals surface area contributed by atoms with Gasteiger partial charge in [-0.2, -0.15) is 0 Å². The molecule has 2 amide bonds. The minimum absolute atomic E-state index is 0.0901. The normalized spacial score (nSPS) is 14.6. The van der Waals surface area contributed by atoms with Crippen molar-refractivity contribution in [1.82, 2.24) is 10.6 Å². The maximum Gasteiger partial charge on any atom is 0.315 e. The molecule has 0 atom stereocenters. The molecule has 1 saturated carbocycles. The molecule has 0 aliphatic heterocycles. The van der Waals surface area contributed by atoms with E-state index < -0.39 is 5.82 Å². The Kier molecular flexibility index (Phi) is 6.56. The maximum atomic E-state index is 13.3. The number of nitrogens with one attached hydrogen (secondary N) is 2. The van der Waals surface area contributed by atoms with E-state index in [1.165, 1.54) is 25.3 Å². The first kappa shape index (κ1) is 16.2. The number of carbonyl (C=O) groups is 1. The highest BCUT2D eigenvalue weighted by molar-refractivity contribution is 5.74. The van der Waals surface area contributed by atoms with E-state index >= 15 is 0 Å². The molecule has 0 bridgehead atoms. The summed E-state index contributed by atoms with van der Waals surface area (Å²) in [4.78, 5) is 11.6. The second kappa shape index (κ2) is 8.93. The molecule has 5 heteroatoms. The van der Waals surface area contributed by atoms with Crippen LogP contribution in [0.25, 0.3) is 0 Å². The van der Waals surface area contributed by atoms with Gasteiger partial charge in [-0.1, -0.05) is 43.2 Å². The second-order valence-corrected chi connectivity index (χ2v) is 5.23. The summed E-state index contributed by atoms with van der Waals surface area (Å²) in [5.41, 5.74) is 0. The number of ether oxygens (including phenoxy) is 1. The number of amides is 2. The van der Waals surface area contributed by atoms with Crippen molar-refractivity contribution in [2.45, 2.75) is 38.1 Å². The molecule has 4 nitrogen and oxygen atoms in total. The number of hydrogen-bond donors (Lipinski definition) is 2. The third-order valence-corrected chi connectivity index (χ3v) is 3.54. The minimum Gasteiger partial charge on any atom is -0.478 e. The molecule has 0 heterocycles. The molecule has 0 spiro atoms. The number of benzene rings is 1. The van der Waals surface area contributed by atoms with Crippen LogP contribution >= 0.6 is 0 Å². The Morgan fingerprint density at radius 2 is 2.00 bits per heavy atom. The highest BCUT2D eigenvalue weighted by Crippen LogP contribution is 2.17. The summed E-state index contributed by atoms with van der Waals surface area (Å²) >= 11 is 0. The van der Waals surface area contributed by atoms with Crippen LogP contribution in [0.2, 0.25) is 0 Å². The molecule has 1 aromatic carbocycles. The van der Waals surface area contributed by atoms with Gasteiger partial charge in [-0.25, -0.2) is 9.18 Å². The third kappa shape index (κ3) is 5.65. The summed E-state index contributed by atoms with van der Waals surface area (Å²) in [6.45, 7) is 0.339. The molecule has 1 aliphatic rings. The average Bonchev–Trinajstić information content (AvgIpc) is 2.53. The molecule has 2 N–H and O–H groups in total. The topological polar surface area (TPSA) is 50.4 Å². The fourth-order valence-corrected chi connectivity index (χ4v) is 2.40. The van der Waals surface area contributed by atoms with Gasteiger partial charge < -0.3 is 15.4 Å². The van der Waals surface area contributed by atoms with E-state index in [1.54, 1.807) is 18.2 Å². The number of halogens is 1. The van der Waals surface area contributed by atoms with Gasteiger partial charge in [0.2, 0.25) is 0 Å². The van der Waals surface area contributed by atoms with Crippen molar-refractivity contribution in [3.63, 3.8) is 0 Å². The third-order valence-electron chi connectivity index (χ3n) is 3.54. The lowest BCUT2D eigenvalue weighted by molar-refractivity contribution is 0.234. The quantitative estimate of drug-likeness (QED) is 0.840. The predicted octanol–water partition coefficient (Wildman–Crippen LogP) is 2.84. The Labute approximate surface area is 130 Å². The molecule has 1 fully saturated rings. The molecule has 22 heavy (non-hydrogen) atoms. The average molecular weight is 304 g/mol. The Hall–Kier alpha value is -2.22.